The third kappa shape index (κ3) is 23.1. The second kappa shape index (κ2) is 41.3. The number of ketones is 2. The highest BCUT2D eigenvalue weighted by Crippen LogP contribution is 2.40. The molecule has 6 aliphatic heterocycles. The Morgan fingerprint density at radius 3 is 0.888 bits per heavy atom. The predicted octanol–water partition coefficient (Wildman–Crippen LogP) is 25.7. The van der Waals surface area contributed by atoms with Gasteiger partial charge < -0.3 is 33.5 Å². The summed E-state index contributed by atoms with van der Waals surface area (Å²) in [5.74, 6) is 14.9. The molecule has 0 saturated carbocycles. The molecule has 0 amide bonds. The molecule has 0 fully saturated rings. The number of benzene rings is 13. The average Bonchev–Trinajstić information content (AvgIpc) is 0.833. The first-order valence-corrected chi connectivity index (χ1v) is 40.9. The second-order valence-electron chi connectivity index (χ2n) is 28.5. The zero-order valence-electron chi connectivity index (χ0n) is 68.2. The second-order valence-corrected chi connectivity index (χ2v) is 29.8. The van der Waals surface area contributed by atoms with Crippen molar-refractivity contribution >= 4 is 121 Å². The lowest BCUT2D eigenvalue weighted by atomic mass is 10.0. The summed E-state index contributed by atoms with van der Waals surface area (Å²) in [5.41, 5.74) is 21.4. The molecule has 0 radical (unpaired) electrons. The van der Waals surface area contributed by atoms with Crippen molar-refractivity contribution in [3.8, 4) is 69.3 Å². The monoisotopic (exact) mass is 1720 g/mol. The maximum atomic E-state index is 13.1. The molecule has 0 bridgehead atoms. The Hall–Kier alpha value is -14.7. The van der Waals surface area contributed by atoms with Crippen LogP contribution in [0.2, 0.25) is 15.1 Å². The zero-order valence-corrected chi connectivity index (χ0v) is 70.4. The van der Waals surface area contributed by atoms with Gasteiger partial charge in [-0.1, -0.05) is 218 Å². The van der Waals surface area contributed by atoms with Gasteiger partial charge in [-0.15, -0.1) is 0 Å². The van der Waals surface area contributed by atoms with Crippen LogP contribution in [0.15, 0.2) is 322 Å². The Bertz CT molecular complexity index is 6310. The fourth-order valence-electron chi connectivity index (χ4n) is 13.1. The summed E-state index contributed by atoms with van der Waals surface area (Å²) in [4.78, 5) is 50.2. The third-order valence-corrected chi connectivity index (χ3v) is 20.3. The highest BCUT2D eigenvalue weighted by Gasteiger charge is 2.23. The van der Waals surface area contributed by atoms with Gasteiger partial charge in [-0.2, -0.15) is 0 Å². The van der Waals surface area contributed by atoms with Crippen molar-refractivity contribution in [3.05, 3.63) is 385 Å². The van der Waals surface area contributed by atoms with Crippen LogP contribution >= 0.6 is 34.8 Å². The number of aliphatic hydroxyl groups is 1. The fraction of sp³-hybridized carbons (Fsp3) is 0.115. The molecule has 15 nitrogen and oxygen atoms in total. The topological polar surface area (TPSA) is 184 Å². The Morgan fingerprint density at radius 1 is 0.320 bits per heavy atom. The van der Waals surface area contributed by atoms with Crippen LogP contribution < -0.4 is 28.4 Å². The van der Waals surface area contributed by atoms with Gasteiger partial charge in [0.25, 0.3) is 0 Å². The van der Waals surface area contributed by atoms with E-state index in [0.717, 1.165) is 120 Å². The number of carbonyl (C=O) groups is 2. The predicted molar refractivity (Wildman–Crippen MR) is 494 cm³/mol. The Labute approximate surface area is 736 Å². The summed E-state index contributed by atoms with van der Waals surface area (Å²) < 4.78 is 73.0. The molecule has 13 aromatic rings. The highest BCUT2D eigenvalue weighted by atomic mass is 35.5. The maximum Gasteiger partial charge on any atom is 0.159 e. The van der Waals surface area contributed by atoms with Crippen LogP contribution in [0.1, 0.15) is 111 Å². The van der Waals surface area contributed by atoms with Crippen molar-refractivity contribution in [2.45, 2.75) is 40.5 Å². The summed E-state index contributed by atoms with van der Waals surface area (Å²) in [6, 6.07) is 85.9. The van der Waals surface area contributed by atoms with E-state index < -0.39 is 0 Å². The molecule has 1 N–H and O–H groups in total. The van der Waals surface area contributed by atoms with Gasteiger partial charge in [0.05, 0.1) is 34.3 Å². The van der Waals surface area contributed by atoms with Gasteiger partial charge >= 0.3 is 0 Å². The van der Waals surface area contributed by atoms with Crippen LogP contribution in [0, 0.1) is 41.1 Å². The Morgan fingerprint density at radius 2 is 0.584 bits per heavy atom. The van der Waals surface area contributed by atoms with Gasteiger partial charge in [0.15, 0.2) is 11.6 Å². The SMILES string of the molecule is C=C(O)c1ccc(C2=Nc3ccc(F)cc3OC2)cc1.CC(=O)c1cccc(C2=Nc3ccc(Cl)cc3OC2)c1.CC(=O)c1cccc(C2=Nc3ccc(F)cc3OC2)c1.CCC#Cc1ccc(C2=Nc3ccc(Cl)cc3OC2)cc1.CCC#Cc1ccc(C2=Nc3ccc(F)cc3OC2)cc1.Clc1ccc2c(c1)OCC(c1ccc(-c3ccccc3)cc1)=N2. The molecule has 0 aromatic heterocycles. The number of aliphatic hydroxyl groups excluding tert-OH is 1. The van der Waals surface area contributed by atoms with E-state index in [2.05, 4.69) is 91.6 Å². The lowest BCUT2D eigenvalue weighted by Crippen LogP contribution is -2.16. The molecule has 6 aliphatic rings. The number of hydrogen-bond donors (Lipinski definition) is 1. The summed E-state index contributed by atoms with van der Waals surface area (Å²) >= 11 is 17.8. The van der Waals surface area contributed by atoms with Gasteiger partial charge in [-0.3, -0.25) is 9.59 Å². The van der Waals surface area contributed by atoms with Crippen LogP contribution in [0.4, 0.5) is 47.3 Å². The molecule has 620 valence electrons. The molecular formula is C104H78Cl3F3N6O9. The molecule has 21 heteroatoms. The lowest BCUT2D eigenvalue weighted by molar-refractivity contribution is 0.100. The van der Waals surface area contributed by atoms with Crippen LogP contribution in [-0.2, 0) is 0 Å². The summed E-state index contributed by atoms with van der Waals surface area (Å²) in [5, 5.41) is 11.2. The van der Waals surface area contributed by atoms with Crippen LogP contribution in [-0.4, -0.2) is 90.6 Å². The molecule has 0 unspecified atom stereocenters. The van der Waals surface area contributed by atoms with Crippen molar-refractivity contribution in [2.75, 3.05) is 39.6 Å². The summed E-state index contributed by atoms with van der Waals surface area (Å²) in [6.45, 7) is 12.8. The van der Waals surface area contributed by atoms with E-state index in [9.17, 15) is 27.9 Å². The van der Waals surface area contributed by atoms with Crippen molar-refractivity contribution in [2.24, 2.45) is 30.0 Å². The molecule has 125 heavy (non-hydrogen) atoms. The molecule has 13 aromatic carbocycles. The smallest absolute Gasteiger partial charge is 0.159 e. The van der Waals surface area contributed by atoms with Crippen molar-refractivity contribution in [1.82, 2.24) is 0 Å². The number of hydrogen-bond acceptors (Lipinski definition) is 15. The number of rotatable bonds is 10. The molecule has 0 atom stereocenters. The minimum Gasteiger partial charge on any atom is -0.508 e. The number of nitrogens with zero attached hydrogens (tertiary/aromatic N) is 6. The van der Waals surface area contributed by atoms with E-state index in [1.54, 1.807) is 79.7 Å². The van der Waals surface area contributed by atoms with E-state index in [1.165, 1.54) is 54.4 Å². The van der Waals surface area contributed by atoms with Crippen molar-refractivity contribution in [3.63, 3.8) is 0 Å². The Kier molecular flexibility index (Phi) is 28.6. The van der Waals surface area contributed by atoms with E-state index in [-0.39, 0.29) is 48.0 Å². The van der Waals surface area contributed by atoms with E-state index >= 15 is 0 Å². The summed E-state index contributed by atoms with van der Waals surface area (Å²) in [6.07, 6.45) is 1.71. The molecule has 0 aliphatic carbocycles. The maximum absolute atomic E-state index is 13.1. The van der Waals surface area contributed by atoms with Crippen LogP contribution in [0.3, 0.4) is 0 Å². The standard InChI is InChI=1S/C20H14ClNO.C18H14ClNO.C18H14FNO.C16H12ClNO2.2C16H12FNO2/c21-17-10-11-18-20(12-17)23-13-19(22-18)16-8-6-15(7-9-16)14-4-2-1-3-5-14;2*1-2-3-4-13-5-7-14(8-6-13)17-12-21-18-11-15(19)9-10-16(18)20-17;1-10(19)11-3-2-4-12(7-11)15-9-20-16-8-13(17)5-6-14(16)18-15;1-10(19)11-2-4-12(5-3-11)15-9-20-16-8-13(17)6-7-14(16)18-15;1-10(19)11-3-2-4-12(7-11)15-9-20-16-8-13(17)5-6-14(16)18-15/h1-12H,13H2;2*5-11H,2,12H2,1H3;2-8H,9H2,1H3;2-8,19H,1,9H2;2-8H,9H2,1H3. The van der Waals surface area contributed by atoms with E-state index in [1.807, 2.05) is 153 Å². The zero-order chi connectivity index (χ0) is 87.3. The molecule has 19 rings (SSSR count). The first kappa shape index (κ1) is 86.7. The summed E-state index contributed by atoms with van der Waals surface area (Å²) in [7, 11) is 0. The minimum absolute atomic E-state index is 0.00616. The number of fused-ring (bicyclic) bond motifs is 6. The molecule has 0 spiro atoms. The number of ether oxygens (including phenoxy) is 6. The largest absolute Gasteiger partial charge is 0.508 e. The number of aliphatic imine (C=N–C) groups is 6. The van der Waals surface area contributed by atoms with Gasteiger partial charge in [0.1, 0.15) is 131 Å². The minimum atomic E-state index is -0.346. The molecule has 0 saturated heterocycles. The normalized spacial score (nSPS) is 12.9. The van der Waals surface area contributed by atoms with Crippen LogP contribution in [0.25, 0.3) is 16.9 Å². The average molecular weight is 1720 g/mol. The highest BCUT2D eigenvalue weighted by molar-refractivity contribution is 6.31. The van der Waals surface area contributed by atoms with Gasteiger partial charge in [-0.05, 0) is 156 Å². The van der Waals surface area contributed by atoms with Gasteiger partial charge in [-0.25, -0.2) is 43.1 Å². The number of carbonyl (C=O) groups excluding carboxylic acids is 2. The molecular weight excluding hydrogens is 1640 g/mol. The lowest BCUT2D eigenvalue weighted by Gasteiger charge is -2.17. The van der Waals surface area contributed by atoms with E-state index in [4.69, 9.17) is 68.2 Å². The van der Waals surface area contributed by atoms with Crippen LogP contribution in [0.5, 0.6) is 34.5 Å². The van der Waals surface area contributed by atoms with E-state index in [0.29, 0.717) is 98.2 Å². The van der Waals surface area contributed by atoms with Gasteiger partial charge in [0.2, 0.25) is 0 Å². The van der Waals surface area contributed by atoms with Crippen molar-refractivity contribution < 1.29 is 56.3 Å². The molecule has 6 heterocycles. The third-order valence-electron chi connectivity index (χ3n) is 19.6. The number of Topliss-reactive ketones (excluding diaryl/α,β-unsaturated/α-hetero) is 2. The van der Waals surface area contributed by atoms with Gasteiger partial charge in [0, 0.05) is 103 Å². The quantitative estimate of drug-likeness (QED) is 0.0791. The Balaban J connectivity index is 0.000000122. The fourth-order valence-corrected chi connectivity index (χ4v) is 13.5. The number of halogens is 6. The first-order valence-electron chi connectivity index (χ1n) is 39.8. The first-order chi connectivity index (χ1) is 60.7. The van der Waals surface area contributed by atoms with Crippen molar-refractivity contribution in [1.29, 1.82) is 0 Å².